The van der Waals surface area contributed by atoms with Crippen molar-refractivity contribution in [3.05, 3.63) is 29.3 Å². The fraction of sp³-hybridized carbons (Fsp3) is 0.667. The van der Waals surface area contributed by atoms with Crippen LogP contribution in [0.15, 0.2) is 18.2 Å². The average molecular weight is 427 g/mol. The van der Waals surface area contributed by atoms with Gasteiger partial charge in [0.2, 0.25) is 0 Å². The van der Waals surface area contributed by atoms with E-state index in [0.29, 0.717) is 5.46 Å². The highest BCUT2D eigenvalue weighted by Gasteiger charge is 2.52. The van der Waals surface area contributed by atoms with Gasteiger partial charge < -0.3 is 18.9 Å². The zero-order chi connectivity index (χ0) is 22.7. The van der Waals surface area contributed by atoms with E-state index in [9.17, 15) is 18.0 Å². The van der Waals surface area contributed by atoms with E-state index in [1.54, 1.807) is 20.8 Å². The van der Waals surface area contributed by atoms with Crippen LogP contribution in [0.2, 0.25) is 0 Å². The van der Waals surface area contributed by atoms with Gasteiger partial charge in [-0.15, -0.1) is 0 Å². The van der Waals surface area contributed by atoms with E-state index >= 15 is 0 Å². The molecule has 0 aromatic heterocycles. The van der Waals surface area contributed by atoms with Crippen LogP contribution in [0.1, 0.15) is 65.5 Å². The molecule has 0 saturated carbocycles. The average Bonchev–Trinajstić information content (AvgIpc) is 2.71. The van der Waals surface area contributed by atoms with E-state index in [-0.39, 0.29) is 18.7 Å². The lowest BCUT2D eigenvalue weighted by Crippen LogP contribution is -2.51. The summed E-state index contributed by atoms with van der Waals surface area (Å²) >= 11 is 0. The molecule has 1 aromatic rings. The van der Waals surface area contributed by atoms with Crippen LogP contribution in [0.5, 0.6) is 0 Å². The van der Waals surface area contributed by atoms with Crippen LogP contribution < -0.4 is 5.46 Å². The minimum atomic E-state index is -4.49. The van der Waals surface area contributed by atoms with Crippen molar-refractivity contribution in [2.24, 2.45) is 0 Å². The number of carbonyl (C=O) groups is 1. The molecular formula is C21H29BF3NO4. The zero-order valence-corrected chi connectivity index (χ0v) is 18.5. The van der Waals surface area contributed by atoms with Crippen molar-refractivity contribution < 1.29 is 32.0 Å². The van der Waals surface area contributed by atoms with Gasteiger partial charge in [0.15, 0.2) is 0 Å². The first-order valence-electron chi connectivity index (χ1n) is 10.0. The Morgan fingerprint density at radius 2 is 1.63 bits per heavy atom. The third kappa shape index (κ3) is 4.47. The SMILES string of the molecule is CC(C)(C)OC(=O)N1CC(c2cc(B3OC(C)(C)C(C)(C)O3)ccc2C(F)(F)F)C1. The van der Waals surface area contributed by atoms with Crippen LogP contribution in [0.3, 0.4) is 0 Å². The topological polar surface area (TPSA) is 48.0 Å². The number of amides is 1. The number of hydrogen-bond acceptors (Lipinski definition) is 4. The third-order valence-electron chi connectivity index (χ3n) is 5.88. The standard InChI is InChI=1S/C21H29BF3NO4/c1-18(2,3)28-17(27)26-11-13(12-26)15-10-14(8-9-16(15)21(23,24)25)22-29-19(4,5)20(6,7)30-22/h8-10,13H,11-12H2,1-7H3. The summed E-state index contributed by atoms with van der Waals surface area (Å²) in [5.74, 6) is -0.434. The summed E-state index contributed by atoms with van der Waals surface area (Å²) in [6, 6.07) is 3.98. The van der Waals surface area contributed by atoms with Crippen LogP contribution in [0.25, 0.3) is 0 Å². The van der Waals surface area contributed by atoms with Gasteiger partial charge in [0.05, 0.1) is 16.8 Å². The van der Waals surface area contributed by atoms with Gasteiger partial charge in [-0.1, -0.05) is 18.2 Å². The van der Waals surface area contributed by atoms with Crippen LogP contribution in [-0.4, -0.2) is 48.0 Å². The molecule has 2 saturated heterocycles. The van der Waals surface area contributed by atoms with Gasteiger partial charge in [-0.3, -0.25) is 0 Å². The van der Waals surface area contributed by atoms with Gasteiger partial charge in [-0.25, -0.2) is 4.79 Å². The van der Waals surface area contributed by atoms with E-state index in [0.717, 1.165) is 6.07 Å². The monoisotopic (exact) mass is 427 g/mol. The summed E-state index contributed by atoms with van der Waals surface area (Å²) in [5, 5.41) is 0. The summed E-state index contributed by atoms with van der Waals surface area (Å²) < 4.78 is 58.2. The number of carbonyl (C=O) groups excluding carboxylic acids is 1. The maximum atomic E-state index is 13.6. The molecule has 1 aromatic carbocycles. The van der Waals surface area contributed by atoms with Crippen LogP contribution in [0.4, 0.5) is 18.0 Å². The molecule has 1 amide bonds. The summed E-state index contributed by atoms with van der Waals surface area (Å²) in [7, 11) is -0.752. The Balaban J connectivity index is 1.84. The van der Waals surface area contributed by atoms with E-state index < -0.39 is 47.7 Å². The number of rotatable bonds is 2. The van der Waals surface area contributed by atoms with Crippen molar-refractivity contribution in [2.75, 3.05) is 13.1 Å². The second-order valence-corrected chi connectivity index (χ2v) is 10.0. The zero-order valence-electron chi connectivity index (χ0n) is 18.5. The molecule has 0 atom stereocenters. The second kappa shape index (κ2) is 7.16. The van der Waals surface area contributed by atoms with Crippen molar-refractivity contribution in [3.63, 3.8) is 0 Å². The van der Waals surface area contributed by atoms with Crippen molar-refractivity contribution >= 4 is 18.7 Å². The minimum Gasteiger partial charge on any atom is -0.444 e. The van der Waals surface area contributed by atoms with E-state index in [1.165, 1.54) is 17.0 Å². The van der Waals surface area contributed by atoms with Crippen LogP contribution in [0, 0.1) is 0 Å². The summed E-state index contributed by atoms with van der Waals surface area (Å²) in [6.07, 6.45) is -5.01. The molecule has 30 heavy (non-hydrogen) atoms. The van der Waals surface area contributed by atoms with Crippen LogP contribution >= 0.6 is 0 Å². The molecule has 0 aliphatic carbocycles. The maximum Gasteiger partial charge on any atom is 0.494 e. The molecule has 2 aliphatic rings. The number of benzene rings is 1. The van der Waals surface area contributed by atoms with Crippen molar-refractivity contribution in [1.82, 2.24) is 4.90 Å². The van der Waals surface area contributed by atoms with Gasteiger partial charge in [-0.2, -0.15) is 13.2 Å². The molecule has 3 rings (SSSR count). The molecule has 2 heterocycles. The number of nitrogens with zero attached hydrogens (tertiary/aromatic N) is 1. The minimum absolute atomic E-state index is 0.148. The number of likely N-dealkylation sites (tertiary alicyclic amines) is 1. The summed E-state index contributed by atoms with van der Waals surface area (Å²) in [4.78, 5) is 13.6. The van der Waals surface area contributed by atoms with Gasteiger partial charge in [0, 0.05) is 19.0 Å². The Morgan fingerprint density at radius 3 is 2.10 bits per heavy atom. The smallest absolute Gasteiger partial charge is 0.444 e. The molecule has 9 heteroatoms. The normalized spacial score (nSPS) is 21.5. The Morgan fingerprint density at radius 1 is 1.10 bits per heavy atom. The Hall–Kier alpha value is -1.74. The number of hydrogen-bond donors (Lipinski definition) is 0. The molecule has 2 aliphatic heterocycles. The van der Waals surface area contributed by atoms with E-state index in [1.807, 2.05) is 27.7 Å². The van der Waals surface area contributed by atoms with Gasteiger partial charge in [-0.05, 0) is 59.5 Å². The first-order valence-corrected chi connectivity index (χ1v) is 10.0. The highest BCUT2D eigenvalue weighted by molar-refractivity contribution is 6.62. The fourth-order valence-electron chi connectivity index (χ4n) is 3.45. The molecule has 0 radical (unpaired) electrons. The Bertz CT molecular complexity index is 811. The molecule has 2 fully saturated rings. The molecule has 0 N–H and O–H groups in total. The lowest BCUT2D eigenvalue weighted by atomic mass is 9.75. The highest BCUT2D eigenvalue weighted by atomic mass is 19.4. The first kappa shape index (κ1) is 22.9. The molecule has 166 valence electrons. The Labute approximate surface area is 176 Å². The Kier molecular flexibility index (Phi) is 5.47. The molecule has 0 spiro atoms. The van der Waals surface area contributed by atoms with Crippen molar-refractivity contribution in [3.8, 4) is 0 Å². The second-order valence-electron chi connectivity index (χ2n) is 10.0. The van der Waals surface area contributed by atoms with Gasteiger partial charge in [0.1, 0.15) is 5.60 Å². The predicted molar refractivity (Wildman–Crippen MR) is 108 cm³/mol. The highest BCUT2D eigenvalue weighted by Crippen LogP contribution is 2.40. The summed E-state index contributed by atoms with van der Waals surface area (Å²) in [5.41, 5.74) is -1.86. The molecular weight excluding hydrogens is 398 g/mol. The largest absolute Gasteiger partial charge is 0.494 e. The van der Waals surface area contributed by atoms with Crippen LogP contribution in [-0.2, 0) is 20.2 Å². The summed E-state index contributed by atoms with van der Waals surface area (Å²) in [6.45, 7) is 13.2. The third-order valence-corrected chi connectivity index (χ3v) is 5.88. The maximum absolute atomic E-state index is 13.6. The molecule has 0 bridgehead atoms. The van der Waals surface area contributed by atoms with E-state index in [2.05, 4.69) is 0 Å². The van der Waals surface area contributed by atoms with Crippen molar-refractivity contribution in [2.45, 2.75) is 77.4 Å². The molecule has 5 nitrogen and oxygen atoms in total. The van der Waals surface area contributed by atoms with E-state index in [4.69, 9.17) is 14.0 Å². The van der Waals surface area contributed by atoms with Crippen molar-refractivity contribution in [1.29, 1.82) is 0 Å². The van der Waals surface area contributed by atoms with Gasteiger partial charge >= 0.3 is 19.4 Å². The lowest BCUT2D eigenvalue weighted by Gasteiger charge is -2.41. The van der Waals surface area contributed by atoms with Gasteiger partial charge in [0.25, 0.3) is 0 Å². The number of alkyl halides is 3. The fourth-order valence-corrected chi connectivity index (χ4v) is 3.45. The lowest BCUT2D eigenvalue weighted by molar-refractivity contribution is -0.138. The predicted octanol–water partition coefficient (Wildman–Crippen LogP) is 4.34. The number of halogens is 3. The molecule has 0 unspecified atom stereocenters. The quantitative estimate of drug-likeness (QED) is 0.659. The number of ether oxygens (including phenoxy) is 1. The first-order chi connectivity index (χ1) is 13.5.